The van der Waals surface area contributed by atoms with Crippen LogP contribution in [0.4, 0.5) is 0 Å². The minimum Gasteiger partial charge on any atom is -0.349 e. The highest BCUT2D eigenvalue weighted by molar-refractivity contribution is 6.30. The van der Waals surface area contributed by atoms with Gasteiger partial charge in [0.05, 0.1) is 10.4 Å². The van der Waals surface area contributed by atoms with Gasteiger partial charge in [0, 0.05) is 25.3 Å². The Morgan fingerprint density at radius 3 is 2.62 bits per heavy atom. The van der Waals surface area contributed by atoms with Crippen LogP contribution in [-0.4, -0.2) is 40.8 Å². The van der Waals surface area contributed by atoms with Gasteiger partial charge in [0.2, 0.25) is 5.91 Å². The zero-order chi connectivity index (χ0) is 20.3. The molecule has 2 heterocycles. The second-order valence-corrected chi connectivity index (χ2v) is 8.34. The van der Waals surface area contributed by atoms with Crippen LogP contribution in [0.15, 0.2) is 60.8 Å². The molecule has 1 aliphatic carbocycles. The number of hydrogen-bond donors (Lipinski definition) is 1. The number of carbonyl (C=O) groups excluding carboxylic acids is 2. The molecule has 2 amide bonds. The van der Waals surface area contributed by atoms with Crippen molar-refractivity contribution in [1.29, 1.82) is 0 Å². The summed E-state index contributed by atoms with van der Waals surface area (Å²) in [5.41, 5.74) is 0.825. The summed E-state index contributed by atoms with van der Waals surface area (Å²) in [6, 6.07) is 13.3. The van der Waals surface area contributed by atoms with Crippen molar-refractivity contribution in [2.45, 2.75) is 31.7 Å². The molecule has 4 rings (SSSR count). The summed E-state index contributed by atoms with van der Waals surface area (Å²) < 4.78 is 0. The molecule has 1 unspecified atom stereocenters. The highest BCUT2D eigenvalue weighted by Crippen LogP contribution is 2.36. The molecule has 2 aliphatic rings. The van der Waals surface area contributed by atoms with Crippen LogP contribution in [0, 0.1) is 5.41 Å². The number of likely N-dealkylation sites (tertiary alicyclic amines) is 1. The first kappa shape index (κ1) is 19.6. The zero-order valence-electron chi connectivity index (χ0n) is 16.2. The van der Waals surface area contributed by atoms with Gasteiger partial charge in [-0.25, -0.2) is 4.98 Å². The normalized spacial score (nSPS) is 20.0. The van der Waals surface area contributed by atoms with E-state index < -0.39 is 5.41 Å². The monoisotopic (exact) mass is 409 g/mol. The maximum atomic E-state index is 13.3. The number of carbonyl (C=O) groups is 2. The van der Waals surface area contributed by atoms with Gasteiger partial charge in [0.15, 0.2) is 0 Å². The third-order valence-corrected chi connectivity index (χ3v) is 5.88. The summed E-state index contributed by atoms with van der Waals surface area (Å²) in [7, 11) is 0. The molecule has 1 aromatic carbocycles. The minimum atomic E-state index is -0.616. The van der Waals surface area contributed by atoms with Crippen molar-refractivity contribution >= 4 is 23.4 Å². The summed E-state index contributed by atoms with van der Waals surface area (Å²) in [6.07, 6.45) is 9.39. The first-order valence-corrected chi connectivity index (χ1v) is 10.4. The van der Waals surface area contributed by atoms with E-state index in [1.54, 1.807) is 17.0 Å². The van der Waals surface area contributed by atoms with E-state index in [-0.39, 0.29) is 17.9 Å². The molecule has 1 atom stereocenters. The fraction of sp³-hybridized carbons (Fsp3) is 0.348. The average molecular weight is 410 g/mol. The highest BCUT2D eigenvalue weighted by atomic mass is 35.5. The molecule has 1 N–H and O–H groups in total. The van der Waals surface area contributed by atoms with Crippen molar-refractivity contribution in [1.82, 2.24) is 15.2 Å². The largest absolute Gasteiger partial charge is 0.349 e. The van der Waals surface area contributed by atoms with E-state index >= 15 is 0 Å². The SMILES string of the molecule is O=C(c1ccc(Cl)cn1)N1CC(Cc2ccccc2)(C(=O)NC2C=CCCC2)C1. The molecule has 29 heavy (non-hydrogen) atoms. The van der Waals surface area contributed by atoms with Crippen molar-refractivity contribution < 1.29 is 9.59 Å². The lowest BCUT2D eigenvalue weighted by atomic mass is 9.73. The molecule has 1 aromatic heterocycles. The number of hydrogen-bond acceptors (Lipinski definition) is 3. The number of halogens is 1. The number of nitrogens with zero attached hydrogens (tertiary/aromatic N) is 2. The summed E-state index contributed by atoms with van der Waals surface area (Å²) in [5, 5.41) is 3.68. The molecular weight excluding hydrogens is 386 g/mol. The fourth-order valence-corrected chi connectivity index (χ4v) is 4.18. The smallest absolute Gasteiger partial charge is 0.272 e. The Kier molecular flexibility index (Phi) is 5.67. The Labute approximate surface area is 175 Å². The summed E-state index contributed by atoms with van der Waals surface area (Å²) in [5.74, 6) is -0.151. The highest BCUT2D eigenvalue weighted by Gasteiger charge is 2.51. The number of aromatic nitrogens is 1. The third kappa shape index (κ3) is 4.35. The lowest BCUT2D eigenvalue weighted by molar-refractivity contribution is -0.139. The van der Waals surface area contributed by atoms with Crippen LogP contribution in [0.1, 0.15) is 35.3 Å². The topological polar surface area (TPSA) is 62.3 Å². The summed E-state index contributed by atoms with van der Waals surface area (Å²) >= 11 is 5.87. The van der Waals surface area contributed by atoms with Crippen LogP contribution in [-0.2, 0) is 11.2 Å². The van der Waals surface area contributed by atoms with Crippen molar-refractivity contribution in [3.05, 3.63) is 77.1 Å². The van der Waals surface area contributed by atoms with E-state index in [0.29, 0.717) is 30.2 Å². The summed E-state index contributed by atoms with van der Waals surface area (Å²) in [6.45, 7) is 0.764. The Hall–Kier alpha value is -2.66. The lowest BCUT2D eigenvalue weighted by Crippen LogP contribution is -2.66. The van der Waals surface area contributed by atoms with Gasteiger partial charge in [-0.15, -0.1) is 0 Å². The molecule has 5 nitrogen and oxygen atoms in total. The van der Waals surface area contributed by atoms with Crippen LogP contribution < -0.4 is 5.32 Å². The molecule has 0 saturated carbocycles. The van der Waals surface area contributed by atoms with E-state index in [4.69, 9.17) is 11.6 Å². The quantitative estimate of drug-likeness (QED) is 0.767. The number of amides is 2. The van der Waals surface area contributed by atoms with Crippen LogP contribution in [0.5, 0.6) is 0 Å². The Morgan fingerprint density at radius 2 is 1.97 bits per heavy atom. The van der Waals surface area contributed by atoms with E-state index in [1.165, 1.54) is 6.20 Å². The van der Waals surface area contributed by atoms with Crippen LogP contribution in [0.3, 0.4) is 0 Å². The van der Waals surface area contributed by atoms with Crippen LogP contribution in [0.2, 0.25) is 5.02 Å². The number of rotatable bonds is 5. The molecule has 0 spiro atoms. The molecule has 0 radical (unpaired) electrons. The lowest BCUT2D eigenvalue weighted by Gasteiger charge is -2.49. The van der Waals surface area contributed by atoms with Gasteiger partial charge in [-0.05, 0) is 43.4 Å². The molecule has 1 saturated heterocycles. The van der Waals surface area contributed by atoms with Crippen molar-refractivity contribution in [3.8, 4) is 0 Å². The minimum absolute atomic E-state index is 0.0195. The van der Waals surface area contributed by atoms with Gasteiger partial charge in [-0.2, -0.15) is 0 Å². The molecular formula is C23H24ClN3O2. The molecule has 0 bridgehead atoms. The Morgan fingerprint density at radius 1 is 1.17 bits per heavy atom. The van der Waals surface area contributed by atoms with Crippen molar-refractivity contribution in [2.75, 3.05) is 13.1 Å². The average Bonchev–Trinajstić information content (AvgIpc) is 2.72. The predicted molar refractivity (Wildman–Crippen MR) is 113 cm³/mol. The van der Waals surface area contributed by atoms with Gasteiger partial charge in [-0.3, -0.25) is 9.59 Å². The third-order valence-electron chi connectivity index (χ3n) is 5.66. The van der Waals surface area contributed by atoms with Crippen molar-refractivity contribution in [2.24, 2.45) is 5.41 Å². The molecule has 6 heteroatoms. The van der Waals surface area contributed by atoms with E-state index in [0.717, 1.165) is 24.8 Å². The Balaban J connectivity index is 1.50. The zero-order valence-corrected chi connectivity index (χ0v) is 16.9. The molecule has 1 aliphatic heterocycles. The fourth-order valence-electron chi connectivity index (χ4n) is 4.07. The molecule has 1 fully saturated rings. The summed E-state index contributed by atoms with van der Waals surface area (Å²) in [4.78, 5) is 31.8. The second kappa shape index (κ2) is 8.37. The molecule has 2 aromatic rings. The van der Waals surface area contributed by atoms with Crippen LogP contribution >= 0.6 is 11.6 Å². The maximum Gasteiger partial charge on any atom is 0.272 e. The van der Waals surface area contributed by atoms with Crippen molar-refractivity contribution in [3.63, 3.8) is 0 Å². The maximum absolute atomic E-state index is 13.3. The number of pyridine rings is 1. The number of benzene rings is 1. The van der Waals surface area contributed by atoms with Gasteiger partial charge in [0.25, 0.3) is 5.91 Å². The van der Waals surface area contributed by atoms with Gasteiger partial charge >= 0.3 is 0 Å². The number of nitrogens with one attached hydrogen (secondary N) is 1. The standard InChI is InChI=1S/C23H24ClN3O2/c24-18-11-12-20(25-14-18)21(28)27-15-23(16-27,13-17-7-3-1-4-8-17)22(29)26-19-9-5-2-6-10-19/h1,3-5,7-9,11-12,14,19H,2,6,10,13,15-16H2,(H,26,29). The van der Waals surface area contributed by atoms with Crippen LogP contribution in [0.25, 0.3) is 0 Å². The second-order valence-electron chi connectivity index (χ2n) is 7.90. The first-order chi connectivity index (χ1) is 14.1. The van der Waals surface area contributed by atoms with E-state index in [1.807, 2.05) is 30.3 Å². The molecule has 150 valence electrons. The Bertz CT molecular complexity index is 905. The number of allylic oxidation sites excluding steroid dienone is 1. The van der Waals surface area contributed by atoms with Gasteiger partial charge in [-0.1, -0.05) is 54.1 Å². The predicted octanol–water partition coefficient (Wildman–Crippen LogP) is 3.64. The van der Waals surface area contributed by atoms with Gasteiger partial charge < -0.3 is 10.2 Å². The van der Waals surface area contributed by atoms with E-state index in [9.17, 15) is 9.59 Å². The van der Waals surface area contributed by atoms with Gasteiger partial charge in [0.1, 0.15) is 5.69 Å². The first-order valence-electron chi connectivity index (χ1n) is 9.98. The van der Waals surface area contributed by atoms with E-state index in [2.05, 4.69) is 22.5 Å².